The molecule has 148 valence electrons. The third-order valence-corrected chi connectivity index (χ3v) is 5.13. The molecule has 1 N–H and O–H groups in total. The predicted octanol–water partition coefficient (Wildman–Crippen LogP) is 4.88. The second kappa shape index (κ2) is 9.60. The molecule has 5 nitrogen and oxygen atoms in total. The van der Waals surface area contributed by atoms with E-state index in [1.165, 1.54) is 12.8 Å². The first-order chi connectivity index (χ1) is 13.6. The highest BCUT2D eigenvalue weighted by atomic mass is 35.5. The predicted molar refractivity (Wildman–Crippen MR) is 115 cm³/mol. The molecule has 0 aliphatic carbocycles. The number of amides is 1. The topological polar surface area (TPSA) is 53.9 Å². The second-order valence-electron chi connectivity index (χ2n) is 6.97. The zero-order chi connectivity index (χ0) is 19.9. The van der Waals surface area contributed by atoms with Crippen molar-refractivity contribution in [1.29, 1.82) is 0 Å². The fraction of sp³-hybridized carbons (Fsp3) is 0.364. The lowest BCUT2D eigenvalue weighted by atomic mass is 10.2. The smallest absolute Gasteiger partial charge is 0.271 e. The van der Waals surface area contributed by atoms with Crippen molar-refractivity contribution in [2.45, 2.75) is 39.2 Å². The Morgan fingerprint density at radius 3 is 2.61 bits per heavy atom. The van der Waals surface area contributed by atoms with E-state index in [4.69, 9.17) is 16.3 Å². The van der Waals surface area contributed by atoms with Crippen molar-refractivity contribution < 1.29 is 9.53 Å². The summed E-state index contributed by atoms with van der Waals surface area (Å²) in [5, 5.41) is 4.55. The summed E-state index contributed by atoms with van der Waals surface area (Å²) in [4.78, 5) is 14.6. The number of halogens is 1. The van der Waals surface area contributed by atoms with Gasteiger partial charge in [-0.05, 0) is 74.2 Å². The van der Waals surface area contributed by atoms with Crippen LogP contribution in [0.5, 0.6) is 5.75 Å². The van der Waals surface area contributed by atoms with Crippen LogP contribution in [0.2, 0.25) is 5.02 Å². The number of anilines is 1. The van der Waals surface area contributed by atoms with Gasteiger partial charge in [-0.25, -0.2) is 5.43 Å². The molecule has 1 aliphatic heterocycles. The van der Waals surface area contributed by atoms with Gasteiger partial charge in [-0.15, -0.1) is 0 Å². The highest BCUT2D eigenvalue weighted by molar-refractivity contribution is 6.32. The van der Waals surface area contributed by atoms with Gasteiger partial charge in [0.25, 0.3) is 5.91 Å². The summed E-state index contributed by atoms with van der Waals surface area (Å²) in [5.41, 5.74) is 5.08. The van der Waals surface area contributed by atoms with Crippen LogP contribution in [0.3, 0.4) is 0 Å². The number of hydrazone groups is 1. The van der Waals surface area contributed by atoms with Gasteiger partial charge in [-0.3, -0.25) is 4.79 Å². The zero-order valence-electron chi connectivity index (χ0n) is 16.3. The van der Waals surface area contributed by atoms with E-state index in [1.54, 1.807) is 12.3 Å². The van der Waals surface area contributed by atoms with Gasteiger partial charge in [0, 0.05) is 24.3 Å². The summed E-state index contributed by atoms with van der Waals surface area (Å²) in [5.74, 6) is 0.405. The van der Waals surface area contributed by atoms with E-state index in [0.29, 0.717) is 16.3 Å². The van der Waals surface area contributed by atoms with Crippen molar-refractivity contribution in [2.24, 2.45) is 5.10 Å². The maximum atomic E-state index is 12.3. The van der Waals surface area contributed by atoms with E-state index in [0.717, 1.165) is 30.8 Å². The molecule has 0 aromatic heterocycles. The van der Waals surface area contributed by atoms with E-state index in [9.17, 15) is 4.79 Å². The van der Waals surface area contributed by atoms with Crippen LogP contribution in [-0.2, 0) is 0 Å². The monoisotopic (exact) mass is 399 g/mol. The van der Waals surface area contributed by atoms with Gasteiger partial charge < -0.3 is 9.64 Å². The van der Waals surface area contributed by atoms with E-state index in [-0.39, 0.29) is 12.0 Å². The van der Waals surface area contributed by atoms with Crippen LogP contribution in [-0.4, -0.2) is 31.3 Å². The Morgan fingerprint density at radius 1 is 1.25 bits per heavy atom. The Bertz CT molecular complexity index is 830. The van der Waals surface area contributed by atoms with E-state index in [1.807, 2.05) is 43.3 Å². The van der Waals surface area contributed by atoms with E-state index in [2.05, 4.69) is 22.4 Å². The molecule has 0 saturated carbocycles. The molecule has 0 bridgehead atoms. The average Bonchev–Trinajstić information content (AvgIpc) is 3.24. The number of carbonyl (C=O) groups excluding carboxylic acids is 1. The third-order valence-electron chi connectivity index (χ3n) is 4.84. The molecule has 1 aliphatic rings. The molecule has 1 heterocycles. The van der Waals surface area contributed by atoms with Crippen LogP contribution in [0.15, 0.2) is 47.6 Å². The summed E-state index contributed by atoms with van der Waals surface area (Å²) in [6.07, 6.45) is 5.03. The number of ether oxygens (including phenoxy) is 1. The molecule has 28 heavy (non-hydrogen) atoms. The third kappa shape index (κ3) is 5.26. The molecule has 2 aromatic carbocycles. The first-order valence-electron chi connectivity index (χ1n) is 9.71. The molecule has 1 saturated heterocycles. The Kier molecular flexibility index (Phi) is 6.93. The molecule has 0 radical (unpaired) electrons. The van der Waals surface area contributed by atoms with Gasteiger partial charge >= 0.3 is 0 Å². The van der Waals surface area contributed by atoms with Crippen molar-refractivity contribution in [1.82, 2.24) is 5.43 Å². The fourth-order valence-electron chi connectivity index (χ4n) is 3.02. The number of carbonyl (C=O) groups is 1. The quantitative estimate of drug-likeness (QED) is 0.533. The van der Waals surface area contributed by atoms with Crippen molar-refractivity contribution in [2.75, 3.05) is 18.0 Å². The summed E-state index contributed by atoms with van der Waals surface area (Å²) in [6, 6.07) is 13.1. The Morgan fingerprint density at radius 2 is 1.96 bits per heavy atom. The Balaban J connectivity index is 1.56. The lowest BCUT2D eigenvalue weighted by Gasteiger charge is -2.17. The van der Waals surface area contributed by atoms with Crippen molar-refractivity contribution >= 4 is 29.4 Å². The largest absolute Gasteiger partial charge is 0.489 e. The minimum absolute atomic E-state index is 0.105. The molecular formula is C22H26ClN3O2. The number of hydrogen-bond acceptors (Lipinski definition) is 4. The van der Waals surface area contributed by atoms with Gasteiger partial charge in [-0.2, -0.15) is 5.10 Å². The fourth-order valence-corrected chi connectivity index (χ4v) is 3.26. The van der Waals surface area contributed by atoms with Crippen LogP contribution in [0.25, 0.3) is 0 Å². The molecule has 3 rings (SSSR count). The SMILES string of the molecule is CC[C@H](C)Oc1ccc(/C=N\NC(=O)c2ccc(N3CCCC3)cc2)cc1Cl. The minimum atomic E-state index is -0.243. The van der Waals surface area contributed by atoms with Gasteiger partial charge in [-0.1, -0.05) is 18.5 Å². The average molecular weight is 400 g/mol. The summed E-state index contributed by atoms with van der Waals surface area (Å²) in [7, 11) is 0. The van der Waals surface area contributed by atoms with Crippen molar-refractivity contribution in [3.05, 3.63) is 58.6 Å². The number of nitrogens with one attached hydrogen (secondary N) is 1. The maximum Gasteiger partial charge on any atom is 0.271 e. The first-order valence-corrected chi connectivity index (χ1v) is 10.1. The normalized spacial score (nSPS) is 15.0. The van der Waals surface area contributed by atoms with Crippen LogP contribution in [0.1, 0.15) is 49.0 Å². The zero-order valence-corrected chi connectivity index (χ0v) is 17.1. The number of benzene rings is 2. The van der Waals surface area contributed by atoms with Gasteiger partial charge in [0.05, 0.1) is 17.3 Å². The molecule has 0 unspecified atom stereocenters. The molecule has 2 aromatic rings. The Labute approximate surface area is 171 Å². The lowest BCUT2D eigenvalue weighted by Crippen LogP contribution is -2.19. The molecule has 6 heteroatoms. The lowest BCUT2D eigenvalue weighted by molar-refractivity contribution is 0.0955. The summed E-state index contributed by atoms with van der Waals surface area (Å²) < 4.78 is 5.75. The van der Waals surface area contributed by atoms with Crippen LogP contribution in [0.4, 0.5) is 5.69 Å². The van der Waals surface area contributed by atoms with Crippen LogP contribution >= 0.6 is 11.6 Å². The van der Waals surface area contributed by atoms with E-state index >= 15 is 0 Å². The molecule has 1 atom stereocenters. The molecule has 1 amide bonds. The standard InChI is InChI=1S/C22H26ClN3O2/c1-3-16(2)28-21-11-6-17(14-20(21)23)15-24-25-22(27)18-7-9-19(10-8-18)26-12-4-5-13-26/h6-11,14-16H,3-5,12-13H2,1-2H3,(H,25,27)/b24-15-/t16-/m0/s1. The molecule has 1 fully saturated rings. The summed E-state index contributed by atoms with van der Waals surface area (Å²) >= 11 is 6.26. The maximum absolute atomic E-state index is 12.3. The van der Waals surface area contributed by atoms with Gasteiger partial charge in [0.2, 0.25) is 0 Å². The second-order valence-corrected chi connectivity index (χ2v) is 7.37. The van der Waals surface area contributed by atoms with Crippen LogP contribution < -0.4 is 15.1 Å². The number of hydrogen-bond donors (Lipinski definition) is 1. The van der Waals surface area contributed by atoms with Crippen LogP contribution in [0, 0.1) is 0 Å². The van der Waals surface area contributed by atoms with Gasteiger partial charge in [0.15, 0.2) is 0 Å². The molecular weight excluding hydrogens is 374 g/mol. The van der Waals surface area contributed by atoms with Crippen molar-refractivity contribution in [3.8, 4) is 5.75 Å². The summed E-state index contributed by atoms with van der Waals surface area (Å²) in [6.45, 7) is 6.22. The highest BCUT2D eigenvalue weighted by Gasteiger charge is 2.13. The highest BCUT2D eigenvalue weighted by Crippen LogP contribution is 2.26. The van der Waals surface area contributed by atoms with Gasteiger partial charge in [0.1, 0.15) is 5.75 Å². The minimum Gasteiger partial charge on any atom is -0.489 e. The number of nitrogens with zero attached hydrogens (tertiary/aromatic N) is 2. The number of rotatable bonds is 7. The first kappa shape index (κ1) is 20.2. The van der Waals surface area contributed by atoms with E-state index < -0.39 is 0 Å². The Hall–Kier alpha value is -2.53. The van der Waals surface area contributed by atoms with Crippen molar-refractivity contribution in [3.63, 3.8) is 0 Å². The molecule has 0 spiro atoms.